The van der Waals surface area contributed by atoms with Crippen LogP contribution >= 0.6 is 0 Å². The molecule has 0 aromatic heterocycles. The zero-order chi connectivity index (χ0) is 18.8. The van der Waals surface area contributed by atoms with E-state index in [1.54, 1.807) is 0 Å². The van der Waals surface area contributed by atoms with Crippen LogP contribution in [-0.4, -0.2) is 0 Å². The summed E-state index contributed by atoms with van der Waals surface area (Å²) in [6.07, 6.45) is 13.7. The number of hydrogen-bond donors (Lipinski definition) is 0. The van der Waals surface area contributed by atoms with Crippen molar-refractivity contribution in [3.63, 3.8) is 0 Å². The molecule has 132 valence electrons. The molecule has 0 unspecified atom stereocenters. The molecular weight excluding hydrogens is 300 g/mol. The molecule has 0 aliphatic rings. The molecule has 0 heterocycles. The van der Waals surface area contributed by atoms with Crippen LogP contribution in [0, 0.1) is 0 Å². The van der Waals surface area contributed by atoms with Crippen LogP contribution in [0.25, 0.3) is 11.1 Å². The quantitative estimate of drug-likeness (QED) is 0.445. The van der Waals surface area contributed by atoms with Gasteiger partial charge in [-0.2, -0.15) is 0 Å². The normalized spacial score (nSPS) is 13.3. The minimum atomic E-state index is 0.864. The van der Waals surface area contributed by atoms with Crippen LogP contribution < -0.4 is 0 Å². The van der Waals surface area contributed by atoms with Crippen molar-refractivity contribution < 1.29 is 0 Å². The standard InChI is InChI=1S/C25H32/c1-8-10-11-21(6)24-12-14-25(15-13-24)22(7)18-23(16-19(3)4)17-20(5)9-2/h8-17H,7,18H2,1-6H3/b10-8-,20-9+,21-11+,23-17+. The molecule has 0 heteroatoms. The van der Waals surface area contributed by atoms with Crippen molar-refractivity contribution in [2.45, 2.75) is 48.0 Å². The first-order valence-electron chi connectivity index (χ1n) is 8.94. The Morgan fingerprint density at radius 1 is 0.920 bits per heavy atom. The minimum Gasteiger partial charge on any atom is -0.0949 e. The first-order valence-corrected chi connectivity index (χ1v) is 8.94. The van der Waals surface area contributed by atoms with E-state index < -0.39 is 0 Å². The Morgan fingerprint density at radius 2 is 1.52 bits per heavy atom. The highest BCUT2D eigenvalue weighted by Gasteiger charge is 2.04. The maximum absolute atomic E-state index is 4.31. The Balaban J connectivity index is 2.99. The average Bonchev–Trinajstić information content (AvgIpc) is 2.58. The Bertz CT molecular complexity index is 725. The van der Waals surface area contributed by atoms with Crippen LogP contribution in [0.1, 0.15) is 59.1 Å². The second-order valence-electron chi connectivity index (χ2n) is 6.71. The van der Waals surface area contributed by atoms with Gasteiger partial charge in [-0.3, -0.25) is 0 Å². The Hall–Kier alpha value is -2.34. The SMILES string of the molecule is C=C(C/C(C=C(C)C)=C/C(C)=C/C)c1ccc(/C(C)=C/C=C\C)cc1. The second-order valence-corrected chi connectivity index (χ2v) is 6.71. The average molecular weight is 333 g/mol. The van der Waals surface area contributed by atoms with Gasteiger partial charge in [0, 0.05) is 0 Å². The molecule has 1 aromatic rings. The van der Waals surface area contributed by atoms with Crippen molar-refractivity contribution in [1.29, 1.82) is 0 Å². The predicted molar refractivity (Wildman–Crippen MR) is 116 cm³/mol. The van der Waals surface area contributed by atoms with Crippen molar-refractivity contribution >= 4 is 11.1 Å². The Morgan fingerprint density at radius 3 is 2.04 bits per heavy atom. The van der Waals surface area contributed by atoms with Crippen molar-refractivity contribution in [2.24, 2.45) is 0 Å². The highest BCUT2D eigenvalue weighted by Crippen LogP contribution is 2.25. The van der Waals surface area contributed by atoms with Gasteiger partial charge in [-0.1, -0.05) is 78.4 Å². The highest BCUT2D eigenvalue weighted by atomic mass is 14.1. The van der Waals surface area contributed by atoms with Crippen LogP contribution in [0.15, 0.2) is 84.0 Å². The third-order valence-corrected chi connectivity index (χ3v) is 4.05. The van der Waals surface area contributed by atoms with Crippen LogP contribution in [0.2, 0.25) is 0 Å². The van der Waals surface area contributed by atoms with E-state index >= 15 is 0 Å². The monoisotopic (exact) mass is 332 g/mol. The summed E-state index contributed by atoms with van der Waals surface area (Å²) >= 11 is 0. The molecular formula is C25H32. The lowest BCUT2D eigenvalue weighted by Gasteiger charge is -2.10. The summed E-state index contributed by atoms with van der Waals surface area (Å²) in [5, 5.41) is 0. The fraction of sp³-hybridized carbons (Fsp3) is 0.280. The summed E-state index contributed by atoms with van der Waals surface area (Å²) in [7, 11) is 0. The summed E-state index contributed by atoms with van der Waals surface area (Å²) in [6.45, 7) is 17.0. The Kier molecular flexibility index (Phi) is 8.70. The maximum Gasteiger partial charge on any atom is -0.00256 e. The summed E-state index contributed by atoms with van der Waals surface area (Å²) in [5.74, 6) is 0. The molecule has 0 aliphatic heterocycles. The first-order chi connectivity index (χ1) is 11.9. The number of rotatable bonds is 7. The minimum absolute atomic E-state index is 0.864. The van der Waals surface area contributed by atoms with E-state index in [4.69, 9.17) is 0 Å². The second kappa shape index (κ2) is 10.5. The van der Waals surface area contributed by atoms with Gasteiger partial charge in [0.15, 0.2) is 0 Å². The molecule has 0 atom stereocenters. The molecule has 1 aromatic carbocycles. The van der Waals surface area contributed by atoms with Crippen LogP contribution in [0.3, 0.4) is 0 Å². The van der Waals surface area contributed by atoms with Gasteiger partial charge in [0.25, 0.3) is 0 Å². The lowest BCUT2D eigenvalue weighted by molar-refractivity contribution is 1.24. The summed E-state index contributed by atoms with van der Waals surface area (Å²) in [6, 6.07) is 8.70. The van der Waals surface area contributed by atoms with Gasteiger partial charge in [-0.15, -0.1) is 0 Å². The number of allylic oxidation sites excluding steroid dienone is 11. The maximum atomic E-state index is 4.31. The van der Waals surface area contributed by atoms with Crippen LogP contribution in [0.4, 0.5) is 0 Å². The van der Waals surface area contributed by atoms with Crippen molar-refractivity contribution in [3.8, 4) is 0 Å². The summed E-state index contributed by atoms with van der Waals surface area (Å²) in [5.41, 5.74) is 8.75. The molecule has 0 saturated carbocycles. The van der Waals surface area contributed by atoms with E-state index in [2.05, 4.69) is 95.8 Å². The molecule has 0 N–H and O–H groups in total. The first kappa shape index (κ1) is 20.7. The molecule has 0 fully saturated rings. The zero-order valence-electron chi connectivity index (χ0n) is 16.7. The fourth-order valence-electron chi connectivity index (χ4n) is 2.54. The van der Waals surface area contributed by atoms with E-state index in [1.165, 1.54) is 33.4 Å². The number of hydrogen-bond acceptors (Lipinski definition) is 0. The molecule has 0 aliphatic carbocycles. The van der Waals surface area contributed by atoms with Gasteiger partial charge < -0.3 is 0 Å². The topological polar surface area (TPSA) is 0 Å². The molecule has 25 heavy (non-hydrogen) atoms. The number of benzene rings is 1. The van der Waals surface area contributed by atoms with Crippen molar-refractivity contribution in [2.75, 3.05) is 0 Å². The van der Waals surface area contributed by atoms with E-state index in [0.717, 1.165) is 12.0 Å². The van der Waals surface area contributed by atoms with E-state index in [9.17, 15) is 0 Å². The lowest BCUT2D eigenvalue weighted by atomic mass is 9.95. The third kappa shape index (κ3) is 7.39. The molecule has 0 amide bonds. The lowest BCUT2D eigenvalue weighted by Crippen LogP contribution is -1.89. The Labute approximate surface area is 154 Å². The molecule has 0 spiro atoms. The van der Waals surface area contributed by atoms with Gasteiger partial charge >= 0.3 is 0 Å². The van der Waals surface area contributed by atoms with Crippen LogP contribution in [0.5, 0.6) is 0 Å². The van der Waals surface area contributed by atoms with E-state index in [-0.39, 0.29) is 0 Å². The zero-order valence-corrected chi connectivity index (χ0v) is 16.7. The summed E-state index contributed by atoms with van der Waals surface area (Å²) < 4.78 is 0. The van der Waals surface area contributed by atoms with E-state index in [0.29, 0.717) is 0 Å². The highest BCUT2D eigenvalue weighted by molar-refractivity contribution is 5.71. The smallest absolute Gasteiger partial charge is 0.00256 e. The third-order valence-electron chi connectivity index (χ3n) is 4.05. The molecule has 1 rings (SSSR count). The largest absolute Gasteiger partial charge is 0.0949 e. The van der Waals surface area contributed by atoms with Gasteiger partial charge in [-0.25, -0.2) is 0 Å². The molecule has 0 radical (unpaired) electrons. The molecule has 0 bridgehead atoms. The molecule has 0 nitrogen and oxygen atoms in total. The van der Waals surface area contributed by atoms with Gasteiger partial charge in [0.05, 0.1) is 0 Å². The van der Waals surface area contributed by atoms with E-state index in [1.807, 2.05) is 13.0 Å². The van der Waals surface area contributed by atoms with Crippen molar-refractivity contribution in [3.05, 3.63) is 95.1 Å². The van der Waals surface area contributed by atoms with Crippen LogP contribution in [-0.2, 0) is 0 Å². The van der Waals surface area contributed by atoms with Crippen molar-refractivity contribution in [1.82, 2.24) is 0 Å². The van der Waals surface area contributed by atoms with Gasteiger partial charge in [0.2, 0.25) is 0 Å². The predicted octanol–water partition coefficient (Wildman–Crippen LogP) is 7.93. The van der Waals surface area contributed by atoms with Gasteiger partial charge in [-0.05, 0) is 75.8 Å². The summed E-state index contributed by atoms with van der Waals surface area (Å²) in [4.78, 5) is 0. The van der Waals surface area contributed by atoms with Gasteiger partial charge in [0.1, 0.15) is 0 Å². The fourth-order valence-corrected chi connectivity index (χ4v) is 2.54. The molecule has 0 saturated heterocycles.